The van der Waals surface area contributed by atoms with E-state index in [9.17, 15) is 0 Å². The first-order valence-electron chi connectivity index (χ1n) is 8.66. The summed E-state index contributed by atoms with van der Waals surface area (Å²) in [5, 5.41) is 0. The summed E-state index contributed by atoms with van der Waals surface area (Å²) in [7, 11) is 2.08. The fraction of sp³-hybridized carbons (Fsp3) is 0.0909. The van der Waals surface area contributed by atoms with Crippen molar-refractivity contribution in [3.8, 4) is 0 Å². The Labute approximate surface area is 151 Å². The van der Waals surface area contributed by atoms with Crippen molar-refractivity contribution in [3.05, 3.63) is 70.8 Å². The highest BCUT2D eigenvalue weighted by atomic mass is 14.9. The number of H-pyrrole nitrogens is 1. The van der Waals surface area contributed by atoms with Crippen LogP contribution in [0.3, 0.4) is 0 Å². The van der Waals surface area contributed by atoms with Crippen LogP contribution < -0.4 is 0 Å². The van der Waals surface area contributed by atoms with Crippen LogP contribution in [0.2, 0.25) is 0 Å². The monoisotopic (exact) mass is 338 g/mol. The van der Waals surface area contributed by atoms with Gasteiger partial charge in [-0.3, -0.25) is 0 Å². The molecule has 0 spiro atoms. The molecule has 0 radical (unpaired) electrons. The van der Waals surface area contributed by atoms with Gasteiger partial charge in [-0.05, 0) is 79.3 Å². The van der Waals surface area contributed by atoms with Crippen LogP contribution in [0.1, 0.15) is 28.3 Å². The van der Waals surface area contributed by atoms with Gasteiger partial charge < -0.3 is 9.55 Å². The molecule has 0 saturated carbocycles. The van der Waals surface area contributed by atoms with E-state index in [1.165, 1.54) is 5.56 Å². The number of hydrogen-bond donors (Lipinski definition) is 1. The van der Waals surface area contributed by atoms with Gasteiger partial charge in [0.15, 0.2) is 0 Å². The van der Waals surface area contributed by atoms with E-state index in [0.717, 1.165) is 44.8 Å². The fourth-order valence-corrected chi connectivity index (χ4v) is 3.46. The van der Waals surface area contributed by atoms with Crippen LogP contribution in [-0.2, 0) is 7.05 Å². The molecule has 2 aliphatic rings. The second-order valence-corrected chi connectivity index (χ2v) is 6.73. The summed E-state index contributed by atoms with van der Waals surface area (Å²) in [6, 6.07) is 14.7. The lowest BCUT2D eigenvalue weighted by Gasteiger charge is -1.96. The summed E-state index contributed by atoms with van der Waals surface area (Å²) in [4.78, 5) is 12.8. The van der Waals surface area contributed by atoms with E-state index in [1.54, 1.807) is 0 Å². The molecule has 0 amide bonds. The molecule has 126 valence electrons. The number of nitrogens with zero attached hydrogens (tertiary/aromatic N) is 3. The van der Waals surface area contributed by atoms with Gasteiger partial charge in [0, 0.05) is 29.1 Å². The average molecular weight is 338 g/mol. The van der Waals surface area contributed by atoms with Crippen molar-refractivity contribution in [1.82, 2.24) is 19.5 Å². The van der Waals surface area contributed by atoms with Gasteiger partial charge in [0.1, 0.15) is 0 Å². The normalized spacial score (nSPS) is 12.7. The third kappa shape index (κ3) is 2.56. The summed E-state index contributed by atoms with van der Waals surface area (Å²) in [6.07, 6.45) is 8.20. The van der Waals surface area contributed by atoms with Crippen LogP contribution >= 0.6 is 0 Å². The van der Waals surface area contributed by atoms with E-state index in [4.69, 9.17) is 9.97 Å². The lowest BCUT2D eigenvalue weighted by molar-refractivity contribution is 1.01. The number of hydrogen-bond acceptors (Lipinski definition) is 2. The van der Waals surface area contributed by atoms with E-state index < -0.39 is 0 Å². The van der Waals surface area contributed by atoms with Crippen LogP contribution in [0.4, 0.5) is 0 Å². The predicted octanol–water partition coefficient (Wildman–Crippen LogP) is 4.97. The SMILES string of the molecule is Cc1cc2cc3nc(cc4ccc(cc5nc(cc1n2C)C=C5)[nH]4)C=C3. The minimum absolute atomic E-state index is 0.947. The molecule has 0 saturated heterocycles. The highest BCUT2D eigenvalue weighted by Gasteiger charge is 2.05. The first-order valence-corrected chi connectivity index (χ1v) is 8.66. The second kappa shape index (κ2) is 5.56. The van der Waals surface area contributed by atoms with E-state index in [1.807, 2.05) is 12.2 Å². The number of aromatic amines is 1. The van der Waals surface area contributed by atoms with E-state index in [0.29, 0.717) is 0 Å². The summed E-state index contributed by atoms with van der Waals surface area (Å²) >= 11 is 0. The van der Waals surface area contributed by atoms with Crippen molar-refractivity contribution in [2.45, 2.75) is 6.92 Å². The van der Waals surface area contributed by atoms with Gasteiger partial charge in [0.05, 0.1) is 22.8 Å². The highest BCUT2D eigenvalue weighted by molar-refractivity contribution is 5.78. The van der Waals surface area contributed by atoms with Gasteiger partial charge in [0.2, 0.25) is 0 Å². The molecule has 0 unspecified atom stereocenters. The molecule has 2 aliphatic heterocycles. The Kier molecular flexibility index (Phi) is 3.19. The third-order valence-electron chi connectivity index (χ3n) is 4.80. The van der Waals surface area contributed by atoms with E-state index in [-0.39, 0.29) is 0 Å². The van der Waals surface area contributed by atoms with Gasteiger partial charge >= 0.3 is 0 Å². The standard InChI is InChI=1S/C22H18N4/c1-14-9-21-12-19-7-5-17(24-19)10-15-3-4-16(23-15)11-18-6-8-20(25-18)13-22(14)26(21)2/h3-13,23H,1-2H3. The Balaban J connectivity index is 1.90. The molecular formula is C22H18N4. The molecule has 0 fully saturated rings. The first kappa shape index (κ1) is 14.9. The van der Waals surface area contributed by atoms with E-state index >= 15 is 0 Å². The molecule has 5 rings (SSSR count). The molecular weight excluding hydrogens is 320 g/mol. The molecule has 0 aromatic carbocycles. The average Bonchev–Trinajstić information content (AvgIpc) is 3.37. The maximum absolute atomic E-state index is 4.72. The molecule has 4 nitrogen and oxygen atoms in total. The fourth-order valence-electron chi connectivity index (χ4n) is 3.46. The number of rotatable bonds is 0. The predicted molar refractivity (Wildman–Crippen MR) is 108 cm³/mol. The van der Waals surface area contributed by atoms with Gasteiger partial charge in [-0.2, -0.15) is 0 Å². The maximum Gasteiger partial charge on any atom is 0.0658 e. The van der Waals surface area contributed by atoms with Gasteiger partial charge in [-0.1, -0.05) is 0 Å². The third-order valence-corrected chi connectivity index (χ3v) is 4.80. The zero-order valence-electron chi connectivity index (χ0n) is 14.7. The maximum atomic E-state index is 4.72. The molecule has 0 atom stereocenters. The van der Waals surface area contributed by atoms with Crippen LogP contribution in [-0.4, -0.2) is 19.5 Å². The van der Waals surface area contributed by atoms with Crippen LogP contribution in [0.5, 0.6) is 0 Å². The van der Waals surface area contributed by atoms with Crippen molar-refractivity contribution in [3.63, 3.8) is 0 Å². The summed E-state index contributed by atoms with van der Waals surface area (Å²) in [5.41, 5.74) is 9.40. The summed E-state index contributed by atoms with van der Waals surface area (Å²) in [5.74, 6) is 0. The smallest absolute Gasteiger partial charge is 0.0658 e. The minimum atomic E-state index is 0.947. The van der Waals surface area contributed by atoms with Crippen molar-refractivity contribution >= 4 is 46.4 Å². The Morgan fingerprint density at radius 2 is 1.27 bits per heavy atom. The zero-order chi connectivity index (χ0) is 17.7. The van der Waals surface area contributed by atoms with Crippen LogP contribution in [0.15, 0.2) is 42.5 Å². The van der Waals surface area contributed by atoms with Crippen molar-refractivity contribution in [1.29, 1.82) is 0 Å². The lowest BCUT2D eigenvalue weighted by atomic mass is 10.2. The molecule has 4 heteroatoms. The number of aromatic nitrogens is 4. The molecule has 26 heavy (non-hydrogen) atoms. The number of fused-ring (bicyclic) bond motifs is 8. The summed E-state index contributed by atoms with van der Waals surface area (Å²) < 4.78 is 2.19. The second-order valence-electron chi connectivity index (χ2n) is 6.73. The molecule has 8 bridgehead atoms. The van der Waals surface area contributed by atoms with Gasteiger partial charge in [-0.15, -0.1) is 0 Å². The summed E-state index contributed by atoms with van der Waals surface area (Å²) in [6.45, 7) is 2.13. The minimum Gasteiger partial charge on any atom is -0.355 e. The molecule has 5 heterocycles. The van der Waals surface area contributed by atoms with Crippen LogP contribution in [0, 0.1) is 6.92 Å². The topological polar surface area (TPSA) is 46.5 Å². The lowest BCUT2D eigenvalue weighted by Crippen LogP contribution is -1.87. The molecule has 1 N–H and O–H groups in total. The Bertz CT molecular complexity index is 1250. The zero-order valence-corrected chi connectivity index (χ0v) is 14.7. The van der Waals surface area contributed by atoms with Crippen molar-refractivity contribution in [2.24, 2.45) is 7.05 Å². The first-order chi connectivity index (χ1) is 12.6. The van der Waals surface area contributed by atoms with Crippen molar-refractivity contribution in [2.75, 3.05) is 0 Å². The van der Waals surface area contributed by atoms with Crippen molar-refractivity contribution < 1.29 is 0 Å². The van der Waals surface area contributed by atoms with E-state index in [2.05, 4.69) is 78.1 Å². The highest BCUT2D eigenvalue weighted by Crippen LogP contribution is 2.21. The molecule has 3 aromatic heterocycles. The number of aryl methyl sites for hydroxylation is 2. The molecule has 0 aliphatic carbocycles. The Hall–Kier alpha value is -3.40. The largest absolute Gasteiger partial charge is 0.355 e. The quantitative estimate of drug-likeness (QED) is 0.433. The van der Waals surface area contributed by atoms with Gasteiger partial charge in [0.25, 0.3) is 0 Å². The molecule has 3 aromatic rings. The Morgan fingerprint density at radius 3 is 1.88 bits per heavy atom. The van der Waals surface area contributed by atoms with Crippen LogP contribution in [0.25, 0.3) is 46.4 Å². The number of nitrogens with one attached hydrogen (secondary N) is 1. The van der Waals surface area contributed by atoms with Gasteiger partial charge in [-0.25, -0.2) is 9.97 Å². The Morgan fingerprint density at radius 1 is 0.731 bits per heavy atom.